The van der Waals surface area contributed by atoms with Crippen molar-refractivity contribution in [2.24, 2.45) is 5.92 Å². The summed E-state index contributed by atoms with van der Waals surface area (Å²) in [6, 6.07) is 12.1. The van der Waals surface area contributed by atoms with E-state index in [1.54, 1.807) is 20.3 Å². The van der Waals surface area contributed by atoms with Crippen LogP contribution in [0.1, 0.15) is 40.7 Å². The van der Waals surface area contributed by atoms with E-state index in [2.05, 4.69) is 29.0 Å². The number of piperidine rings is 1. The Balaban J connectivity index is 1.26. The van der Waals surface area contributed by atoms with Crippen molar-refractivity contribution in [3.05, 3.63) is 64.2 Å². The molecule has 1 N–H and O–H groups in total. The van der Waals surface area contributed by atoms with Crippen molar-refractivity contribution in [2.45, 2.75) is 48.8 Å². The summed E-state index contributed by atoms with van der Waals surface area (Å²) >= 11 is 0. The lowest BCUT2D eigenvalue weighted by Crippen LogP contribution is -2.62. The number of carbonyl (C=O) groups is 1. The van der Waals surface area contributed by atoms with Crippen molar-refractivity contribution in [1.29, 1.82) is 0 Å². The SMILES string of the molecule is COc1ccc2c(c1O)Oc1c(OC)ccc3c1C1=C2C(=O)[C@]2(C[C@H]4[C@H]5Cc6ccc(OC)c7c6[C@@]4(CCN5C)[C@H]2O7)N1CC3. The maximum absolute atomic E-state index is 15.7. The summed E-state index contributed by atoms with van der Waals surface area (Å²) in [5, 5.41) is 11.4. The molecule has 10 rings (SSSR count). The van der Waals surface area contributed by atoms with E-state index in [0.717, 1.165) is 54.1 Å². The number of carbonyl (C=O) groups excluding carboxylic acids is 1. The highest BCUT2D eigenvalue weighted by Crippen LogP contribution is 2.72. The zero-order valence-corrected chi connectivity index (χ0v) is 25.7. The quantitative estimate of drug-likeness (QED) is 0.461. The van der Waals surface area contributed by atoms with Crippen molar-refractivity contribution in [2.75, 3.05) is 41.5 Å². The van der Waals surface area contributed by atoms with Crippen LogP contribution < -0.4 is 23.7 Å². The molecule has 0 aromatic heterocycles. The largest absolute Gasteiger partial charge is 0.502 e. The van der Waals surface area contributed by atoms with Gasteiger partial charge < -0.3 is 38.6 Å². The van der Waals surface area contributed by atoms with Crippen LogP contribution in [-0.4, -0.2) is 79.8 Å². The molecule has 230 valence electrons. The van der Waals surface area contributed by atoms with Crippen molar-refractivity contribution in [1.82, 2.24) is 9.80 Å². The van der Waals surface area contributed by atoms with Crippen molar-refractivity contribution >= 4 is 17.1 Å². The zero-order chi connectivity index (χ0) is 30.6. The molecule has 3 aromatic rings. The van der Waals surface area contributed by atoms with Gasteiger partial charge in [0.05, 0.1) is 32.6 Å². The fourth-order valence-electron chi connectivity index (χ4n) is 10.5. The maximum Gasteiger partial charge on any atom is 0.202 e. The van der Waals surface area contributed by atoms with Gasteiger partial charge in [0.1, 0.15) is 11.6 Å². The first-order valence-corrected chi connectivity index (χ1v) is 15.8. The van der Waals surface area contributed by atoms with E-state index in [0.29, 0.717) is 41.6 Å². The van der Waals surface area contributed by atoms with Gasteiger partial charge in [0.15, 0.2) is 40.3 Å². The van der Waals surface area contributed by atoms with Gasteiger partial charge in [0.25, 0.3) is 0 Å². The van der Waals surface area contributed by atoms with Gasteiger partial charge in [-0.25, -0.2) is 0 Å². The highest BCUT2D eigenvalue weighted by molar-refractivity contribution is 6.36. The summed E-state index contributed by atoms with van der Waals surface area (Å²) in [5.74, 6) is 3.20. The number of nitrogens with zero attached hydrogens (tertiary/aromatic N) is 2. The summed E-state index contributed by atoms with van der Waals surface area (Å²) in [6.45, 7) is 1.62. The number of ether oxygens (including phenoxy) is 5. The fourth-order valence-corrected chi connectivity index (χ4v) is 10.5. The number of Topliss-reactive ketones (excluding diaryl/α,β-unsaturated/α-hetero) is 1. The van der Waals surface area contributed by atoms with Crippen LogP contribution in [0.4, 0.5) is 0 Å². The first-order valence-electron chi connectivity index (χ1n) is 15.8. The molecular weight excluding hydrogens is 572 g/mol. The Hall–Kier alpha value is -4.37. The molecule has 9 heteroatoms. The molecule has 2 aliphatic carbocycles. The standard InChI is InChI=1S/C36H34N2O7/c1-37-14-12-35-20-16-36(34(35)45-32-24(43-4)9-6-18(27(32)35)15-21(20)37)33(40)26-19-7-10-22(41-2)29(39)30(19)44-31-23(42-3)8-5-17-11-13-38(36)28(26)25(17)31/h5-10,20-21,34,39H,11-16H2,1-4H3/t20-,21+,34+,35-,36-/m0/s1. The van der Waals surface area contributed by atoms with Gasteiger partial charge in [-0.2, -0.15) is 0 Å². The predicted molar refractivity (Wildman–Crippen MR) is 165 cm³/mol. The molecular formula is C36H34N2O7. The van der Waals surface area contributed by atoms with Crippen molar-refractivity contribution < 1.29 is 33.6 Å². The number of likely N-dealkylation sites (tertiary alicyclic amines) is 1. The summed E-state index contributed by atoms with van der Waals surface area (Å²) in [7, 11) is 7.04. The molecule has 2 spiro atoms. The smallest absolute Gasteiger partial charge is 0.202 e. The molecule has 0 radical (unpaired) electrons. The Morgan fingerprint density at radius 1 is 0.911 bits per heavy atom. The van der Waals surface area contributed by atoms with E-state index in [1.807, 2.05) is 18.2 Å². The lowest BCUT2D eigenvalue weighted by atomic mass is 9.58. The number of hydrogen-bond donors (Lipinski definition) is 1. The Morgan fingerprint density at radius 3 is 2.42 bits per heavy atom. The number of methoxy groups -OCH3 is 3. The summed E-state index contributed by atoms with van der Waals surface area (Å²) in [5.41, 5.74) is 5.26. The monoisotopic (exact) mass is 606 g/mol. The minimum absolute atomic E-state index is 0.0332. The minimum atomic E-state index is -0.938. The summed E-state index contributed by atoms with van der Waals surface area (Å²) < 4.78 is 30.9. The molecule has 5 aliphatic heterocycles. The third-order valence-corrected chi connectivity index (χ3v) is 12.2. The van der Waals surface area contributed by atoms with E-state index in [1.165, 1.54) is 18.2 Å². The number of phenolic OH excluding ortho intramolecular Hbond substituents is 1. The van der Waals surface area contributed by atoms with Crippen LogP contribution in [0.15, 0.2) is 36.4 Å². The Bertz CT molecular complexity index is 1930. The van der Waals surface area contributed by atoms with Gasteiger partial charge in [0, 0.05) is 34.7 Å². The maximum atomic E-state index is 15.7. The molecule has 9 nitrogen and oxygen atoms in total. The third-order valence-electron chi connectivity index (χ3n) is 12.2. The van der Waals surface area contributed by atoms with Crippen LogP contribution in [0, 0.1) is 5.92 Å². The molecule has 3 aromatic carbocycles. The molecule has 1 saturated heterocycles. The number of benzene rings is 3. The number of likely N-dealkylation sites (N-methyl/N-ethyl adjacent to an activating group) is 1. The minimum Gasteiger partial charge on any atom is -0.502 e. The van der Waals surface area contributed by atoms with E-state index in [-0.39, 0.29) is 40.5 Å². The topological polar surface area (TPSA) is 89.9 Å². The van der Waals surface area contributed by atoms with Gasteiger partial charge in [-0.15, -0.1) is 0 Å². The van der Waals surface area contributed by atoms with E-state index in [9.17, 15) is 5.11 Å². The second-order valence-electron chi connectivity index (χ2n) is 13.6. The Kier molecular flexibility index (Phi) is 4.75. The fraction of sp³-hybridized carbons (Fsp3) is 0.417. The normalized spacial score (nSPS) is 30.8. The average Bonchev–Trinajstić information content (AvgIpc) is 3.59. The molecule has 5 heterocycles. The molecule has 2 fully saturated rings. The number of fused-ring (bicyclic) bond motifs is 4. The zero-order valence-electron chi connectivity index (χ0n) is 25.7. The van der Waals surface area contributed by atoms with Crippen LogP contribution in [0.5, 0.6) is 40.2 Å². The molecule has 45 heavy (non-hydrogen) atoms. The predicted octanol–water partition coefficient (Wildman–Crippen LogP) is 4.55. The Morgan fingerprint density at radius 2 is 1.64 bits per heavy atom. The molecule has 2 bridgehead atoms. The number of hydrogen-bond acceptors (Lipinski definition) is 9. The van der Waals surface area contributed by atoms with E-state index >= 15 is 4.79 Å². The summed E-state index contributed by atoms with van der Waals surface area (Å²) in [6.07, 6.45) is 2.90. The number of rotatable bonds is 3. The average molecular weight is 607 g/mol. The van der Waals surface area contributed by atoms with Crippen LogP contribution in [0.3, 0.4) is 0 Å². The lowest BCUT2D eigenvalue weighted by Gasteiger charge is -2.52. The molecule has 7 aliphatic rings. The van der Waals surface area contributed by atoms with Gasteiger partial charge in [-0.1, -0.05) is 12.1 Å². The second kappa shape index (κ2) is 8.26. The third kappa shape index (κ3) is 2.68. The second-order valence-corrected chi connectivity index (χ2v) is 13.6. The molecule has 0 amide bonds. The van der Waals surface area contributed by atoms with Crippen molar-refractivity contribution in [3.8, 4) is 40.2 Å². The molecule has 5 atom stereocenters. The van der Waals surface area contributed by atoms with Gasteiger partial charge >= 0.3 is 0 Å². The van der Waals surface area contributed by atoms with E-state index in [4.69, 9.17) is 23.7 Å². The van der Waals surface area contributed by atoms with Gasteiger partial charge in [-0.3, -0.25) is 4.79 Å². The summed E-state index contributed by atoms with van der Waals surface area (Å²) in [4.78, 5) is 20.5. The van der Waals surface area contributed by atoms with Gasteiger partial charge in [-0.05, 0) is 80.6 Å². The van der Waals surface area contributed by atoms with Crippen LogP contribution in [0.25, 0.3) is 11.3 Å². The van der Waals surface area contributed by atoms with Crippen LogP contribution in [-0.2, 0) is 23.1 Å². The van der Waals surface area contributed by atoms with Gasteiger partial charge in [0.2, 0.25) is 5.75 Å². The number of phenols is 1. The number of ketones is 1. The van der Waals surface area contributed by atoms with E-state index < -0.39 is 5.54 Å². The van der Waals surface area contributed by atoms with Crippen LogP contribution >= 0.6 is 0 Å². The molecule has 0 unspecified atom stereocenters. The first-order chi connectivity index (χ1) is 21.9. The molecule has 1 saturated carbocycles. The Labute approximate surface area is 260 Å². The number of aromatic hydroxyl groups is 1. The van der Waals surface area contributed by atoms with Crippen molar-refractivity contribution in [3.63, 3.8) is 0 Å². The van der Waals surface area contributed by atoms with Crippen LogP contribution in [0.2, 0.25) is 0 Å². The lowest BCUT2D eigenvalue weighted by molar-refractivity contribution is -0.126. The highest BCUT2D eigenvalue weighted by Gasteiger charge is 2.78. The highest BCUT2D eigenvalue weighted by atomic mass is 16.5. The first kappa shape index (κ1) is 25.9.